The topological polar surface area (TPSA) is 123 Å². The summed E-state index contributed by atoms with van der Waals surface area (Å²) in [5.41, 5.74) is 4.27. The highest BCUT2D eigenvalue weighted by molar-refractivity contribution is 7.37. The van der Waals surface area contributed by atoms with Gasteiger partial charge in [0, 0.05) is 30.3 Å². The number of amides is 1. The van der Waals surface area contributed by atoms with Gasteiger partial charge in [-0.25, -0.2) is 14.2 Å². The number of carbonyl (C=O) groups is 1. The molecule has 0 bridgehead atoms. The number of hydrogen-bond acceptors (Lipinski definition) is 7. The fourth-order valence-corrected chi connectivity index (χ4v) is 4.85. The highest BCUT2D eigenvalue weighted by Gasteiger charge is 2.38. The monoisotopic (exact) mass is 529 g/mol. The van der Waals surface area contributed by atoms with Crippen LogP contribution in [0.15, 0.2) is 47.4 Å². The van der Waals surface area contributed by atoms with E-state index in [1.54, 1.807) is 11.2 Å². The largest absolute Gasteiger partial charge is 0.412 e. The molecule has 0 aliphatic carbocycles. The summed E-state index contributed by atoms with van der Waals surface area (Å²) >= 11 is 0. The lowest BCUT2D eigenvalue weighted by molar-refractivity contribution is 0.0566. The lowest BCUT2D eigenvalue weighted by Crippen LogP contribution is -2.41. The maximum Gasteiger partial charge on any atom is 0.333 e. The van der Waals surface area contributed by atoms with Gasteiger partial charge in [-0.05, 0) is 18.2 Å². The number of aromatic amines is 1. The summed E-state index contributed by atoms with van der Waals surface area (Å²) in [5.74, 6) is -0.859. The Hall–Kier alpha value is -3.56. The molecule has 0 saturated heterocycles. The van der Waals surface area contributed by atoms with E-state index in [0.29, 0.717) is 29.0 Å². The SMILES string of the molecule is O=C(c1nnc(-c2cnn(C(F)F)c2)o1)N1CCc2[nH]cnc2[C@@H]1c1cc2cccc(C(P)P)n2n1. The number of fused-ring (bicyclic) bond motifs is 2. The molecule has 1 aliphatic heterocycles. The third-order valence-corrected chi connectivity index (χ3v) is 6.68. The fraction of sp³-hybridized carbons (Fsp3) is 0.238. The molecule has 11 nitrogen and oxygen atoms in total. The summed E-state index contributed by atoms with van der Waals surface area (Å²) in [6.07, 6.45) is 4.40. The zero-order chi connectivity index (χ0) is 25.0. The van der Waals surface area contributed by atoms with Gasteiger partial charge in [0.25, 0.3) is 5.89 Å². The zero-order valence-electron chi connectivity index (χ0n) is 18.5. The molecular formula is C21H19F2N9O2P2. The molecule has 36 heavy (non-hydrogen) atoms. The number of aromatic nitrogens is 8. The quantitative estimate of drug-likeness (QED) is 0.347. The summed E-state index contributed by atoms with van der Waals surface area (Å²) < 4.78 is 33.6. The van der Waals surface area contributed by atoms with E-state index in [-0.39, 0.29) is 22.7 Å². The Morgan fingerprint density at radius 3 is 2.89 bits per heavy atom. The average molecular weight is 529 g/mol. The first-order valence-electron chi connectivity index (χ1n) is 10.9. The van der Waals surface area contributed by atoms with Crippen molar-refractivity contribution in [2.75, 3.05) is 6.54 Å². The van der Waals surface area contributed by atoms with Crippen LogP contribution < -0.4 is 0 Å². The number of pyridine rings is 1. The second kappa shape index (κ2) is 8.83. The van der Waals surface area contributed by atoms with Crippen molar-refractivity contribution in [1.29, 1.82) is 0 Å². The molecule has 0 saturated carbocycles. The van der Waals surface area contributed by atoms with E-state index >= 15 is 0 Å². The minimum absolute atomic E-state index is 0.0800. The summed E-state index contributed by atoms with van der Waals surface area (Å²) in [7, 11) is 5.46. The van der Waals surface area contributed by atoms with E-state index in [1.165, 1.54) is 6.20 Å². The van der Waals surface area contributed by atoms with Crippen LogP contribution in [0.2, 0.25) is 0 Å². The molecule has 1 aliphatic rings. The minimum Gasteiger partial charge on any atom is -0.412 e. The molecular weight excluding hydrogens is 510 g/mol. The van der Waals surface area contributed by atoms with Crippen molar-refractivity contribution < 1.29 is 18.0 Å². The summed E-state index contributed by atoms with van der Waals surface area (Å²) in [5, 5.41) is 16.2. The van der Waals surface area contributed by atoms with E-state index in [0.717, 1.165) is 23.1 Å². The first-order valence-corrected chi connectivity index (χ1v) is 12.2. The molecule has 3 atom stereocenters. The number of alkyl halides is 2. The number of nitrogens with one attached hydrogen (secondary N) is 1. The lowest BCUT2D eigenvalue weighted by atomic mass is 9.99. The van der Waals surface area contributed by atoms with Gasteiger partial charge < -0.3 is 14.3 Å². The van der Waals surface area contributed by atoms with Crippen molar-refractivity contribution in [2.45, 2.75) is 24.4 Å². The predicted molar refractivity (Wildman–Crippen MR) is 129 cm³/mol. The van der Waals surface area contributed by atoms with Crippen molar-refractivity contribution in [3.05, 3.63) is 71.7 Å². The van der Waals surface area contributed by atoms with E-state index in [2.05, 4.69) is 43.7 Å². The second-order valence-corrected chi connectivity index (χ2v) is 10.4. The standard InChI is InChI=1S/C21H19F2N9O2P2/c22-21(23)31-8-10(7-26-31)17-27-28-18(34-17)19(33)30-5-4-12-15(25-9-24-12)16(30)13-6-11-2-1-3-14(20(35)36)32(11)29-13/h1-3,6-9,16,20-21H,4-5,35-36H2,(H,24,25)/t16-/m0/s1. The van der Waals surface area contributed by atoms with E-state index in [4.69, 9.17) is 9.52 Å². The first-order chi connectivity index (χ1) is 17.4. The first kappa shape index (κ1) is 22.9. The average Bonchev–Trinajstić information content (AvgIpc) is 3.66. The van der Waals surface area contributed by atoms with Gasteiger partial charge >= 0.3 is 18.3 Å². The van der Waals surface area contributed by atoms with Crippen molar-refractivity contribution in [1.82, 2.24) is 44.5 Å². The van der Waals surface area contributed by atoms with Crippen LogP contribution >= 0.6 is 18.5 Å². The molecule has 2 unspecified atom stereocenters. The molecule has 0 spiro atoms. The molecule has 1 amide bonds. The Labute approximate surface area is 206 Å². The third kappa shape index (κ3) is 3.79. The van der Waals surface area contributed by atoms with Gasteiger partial charge in [-0.3, -0.25) is 4.79 Å². The Morgan fingerprint density at radius 1 is 1.25 bits per heavy atom. The summed E-state index contributed by atoms with van der Waals surface area (Å²) in [6, 6.07) is 7.21. The number of halogens is 2. The van der Waals surface area contributed by atoms with Crippen LogP contribution in [-0.2, 0) is 6.42 Å². The summed E-state index contributed by atoms with van der Waals surface area (Å²) in [4.78, 5) is 22.8. The van der Waals surface area contributed by atoms with Crippen LogP contribution in [0.5, 0.6) is 0 Å². The van der Waals surface area contributed by atoms with Gasteiger partial charge in [0.05, 0.1) is 40.7 Å². The number of rotatable bonds is 5. The van der Waals surface area contributed by atoms with Crippen LogP contribution in [0.25, 0.3) is 17.0 Å². The highest BCUT2D eigenvalue weighted by Crippen LogP contribution is 2.36. The molecule has 5 aromatic heterocycles. The Kier molecular flexibility index (Phi) is 5.61. The predicted octanol–water partition coefficient (Wildman–Crippen LogP) is 3.24. The molecule has 184 valence electrons. The number of hydrogen-bond donors (Lipinski definition) is 1. The normalized spacial score (nSPS) is 15.8. The Bertz CT molecular complexity index is 1570. The van der Waals surface area contributed by atoms with Crippen LogP contribution in [0.1, 0.15) is 51.5 Å². The van der Waals surface area contributed by atoms with E-state index in [9.17, 15) is 13.6 Å². The molecule has 15 heteroatoms. The number of imidazole rings is 1. The van der Waals surface area contributed by atoms with Gasteiger partial charge in [-0.1, -0.05) is 6.07 Å². The minimum atomic E-state index is -2.81. The van der Waals surface area contributed by atoms with Gasteiger partial charge in [0.15, 0.2) is 0 Å². The summed E-state index contributed by atoms with van der Waals surface area (Å²) in [6.45, 7) is -2.45. The van der Waals surface area contributed by atoms with Gasteiger partial charge in [0.1, 0.15) is 6.04 Å². The lowest BCUT2D eigenvalue weighted by Gasteiger charge is -2.32. The number of nitrogens with zero attached hydrogens (tertiary/aromatic N) is 8. The fourth-order valence-electron chi connectivity index (χ4n) is 4.34. The highest BCUT2D eigenvalue weighted by atomic mass is 31.1. The van der Waals surface area contributed by atoms with E-state index in [1.807, 2.05) is 28.8 Å². The molecule has 0 fully saturated rings. The molecule has 5 aromatic rings. The zero-order valence-corrected chi connectivity index (χ0v) is 20.8. The van der Waals surface area contributed by atoms with Crippen molar-refractivity contribution in [3.63, 3.8) is 0 Å². The molecule has 0 radical (unpaired) electrons. The van der Waals surface area contributed by atoms with Crippen LogP contribution in [0, 0.1) is 0 Å². The van der Waals surface area contributed by atoms with E-state index < -0.39 is 18.5 Å². The Balaban J connectivity index is 1.38. The van der Waals surface area contributed by atoms with Gasteiger partial charge in [-0.15, -0.1) is 28.7 Å². The second-order valence-electron chi connectivity index (χ2n) is 8.20. The Morgan fingerprint density at radius 2 is 2.11 bits per heavy atom. The number of H-pyrrole nitrogens is 1. The van der Waals surface area contributed by atoms with Crippen molar-refractivity contribution in [2.24, 2.45) is 0 Å². The number of carbonyl (C=O) groups excluding carboxylic acids is 1. The third-order valence-electron chi connectivity index (χ3n) is 6.00. The molecule has 6 rings (SSSR count). The van der Waals surface area contributed by atoms with Crippen LogP contribution in [0.4, 0.5) is 8.78 Å². The maximum absolute atomic E-state index is 13.6. The van der Waals surface area contributed by atoms with Crippen LogP contribution in [0.3, 0.4) is 0 Å². The molecule has 0 aromatic carbocycles. The van der Waals surface area contributed by atoms with Gasteiger partial charge in [0.2, 0.25) is 0 Å². The van der Waals surface area contributed by atoms with Gasteiger partial charge in [-0.2, -0.15) is 19.0 Å². The smallest absolute Gasteiger partial charge is 0.333 e. The van der Waals surface area contributed by atoms with Crippen molar-refractivity contribution >= 4 is 29.9 Å². The van der Waals surface area contributed by atoms with Crippen LogP contribution in [-0.4, -0.2) is 56.9 Å². The van der Waals surface area contributed by atoms with Crippen molar-refractivity contribution in [3.8, 4) is 11.5 Å². The maximum atomic E-state index is 13.6. The molecule has 1 N–H and O–H groups in total. The molecule has 6 heterocycles.